The lowest BCUT2D eigenvalue weighted by Crippen LogP contribution is -2.53. The maximum absolute atomic E-state index is 11.7. The van der Waals surface area contributed by atoms with Gasteiger partial charge >= 0.3 is 5.97 Å². The number of aliphatic carboxylic acids is 1. The molecule has 1 saturated carbocycles. The van der Waals surface area contributed by atoms with Gasteiger partial charge in [0.05, 0.1) is 17.9 Å². The number of rotatable bonds is 6. The standard InChI is InChI=1S/C11H20N2O4/c1-7(2)10(12)13(17)6-8-3-4-11(8,16)5-9(14)15/h7-8,10,16H,3-6,12H2,1-2H3/p+1. The van der Waals surface area contributed by atoms with Gasteiger partial charge in [0, 0.05) is 15.6 Å². The number of nitroso groups, excluding NO2 is 1. The summed E-state index contributed by atoms with van der Waals surface area (Å²) < 4.78 is 0.751. The Hall–Kier alpha value is -1.01. The Balaban J connectivity index is 2.53. The van der Waals surface area contributed by atoms with Gasteiger partial charge in [-0.15, -0.1) is 0 Å². The number of carboxylic acid groups (broad SMARTS) is 1. The molecule has 3 unspecified atom stereocenters. The highest BCUT2D eigenvalue weighted by Crippen LogP contribution is 2.41. The molecule has 0 amide bonds. The number of carboxylic acids is 1. The first-order chi connectivity index (χ1) is 7.76. The van der Waals surface area contributed by atoms with Crippen molar-refractivity contribution >= 4 is 5.97 Å². The molecule has 0 saturated heterocycles. The molecule has 1 fully saturated rings. The van der Waals surface area contributed by atoms with Crippen molar-refractivity contribution < 1.29 is 19.8 Å². The zero-order chi connectivity index (χ0) is 13.2. The van der Waals surface area contributed by atoms with E-state index in [9.17, 15) is 14.8 Å². The zero-order valence-electron chi connectivity index (χ0n) is 10.3. The Morgan fingerprint density at radius 3 is 2.53 bits per heavy atom. The maximum atomic E-state index is 11.7. The van der Waals surface area contributed by atoms with E-state index in [1.807, 2.05) is 13.8 Å². The zero-order valence-corrected chi connectivity index (χ0v) is 10.3. The van der Waals surface area contributed by atoms with Crippen molar-refractivity contribution in [1.82, 2.24) is 0 Å². The summed E-state index contributed by atoms with van der Waals surface area (Å²) in [6, 6.07) is 0. The molecule has 0 bridgehead atoms. The second kappa shape index (κ2) is 5.10. The van der Waals surface area contributed by atoms with Gasteiger partial charge in [-0.2, -0.15) is 0 Å². The lowest BCUT2D eigenvalue weighted by molar-refractivity contribution is -0.603. The van der Waals surface area contributed by atoms with Gasteiger partial charge < -0.3 is 10.2 Å². The Morgan fingerprint density at radius 1 is 1.59 bits per heavy atom. The predicted molar refractivity (Wildman–Crippen MR) is 61.2 cm³/mol. The maximum Gasteiger partial charge on any atom is 0.306 e. The first-order valence-corrected chi connectivity index (χ1v) is 5.90. The van der Waals surface area contributed by atoms with Crippen molar-refractivity contribution in [2.75, 3.05) is 6.54 Å². The van der Waals surface area contributed by atoms with Crippen LogP contribution in [0.4, 0.5) is 0 Å². The summed E-state index contributed by atoms with van der Waals surface area (Å²) in [7, 11) is 0. The van der Waals surface area contributed by atoms with Crippen LogP contribution in [0.2, 0.25) is 0 Å². The molecule has 0 heterocycles. The van der Waals surface area contributed by atoms with Crippen LogP contribution in [-0.4, -0.2) is 39.3 Å². The fourth-order valence-corrected chi connectivity index (χ4v) is 2.11. The Bertz CT molecular complexity index is 319. The number of nitrogens with zero attached hydrogens (tertiary/aromatic N) is 1. The summed E-state index contributed by atoms with van der Waals surface area (Å²) in [6.45, 7) is 3.79. The molecule has 0 aromatic rings. The highest BCUT2D eigenvalue weighted by Gasteiger charge is 2.50. The lowest BCUT2D eigenvalue weighted by Gasteiger charge is -2.42. The number of carbonyl (C=O) groups is 1. The van der Waals surface area contributed by atoms with Crippen molar-refractivity contribution in [3.63, 3.8) is 0 Å². The smallest absolute Gasteiger partial charge is 0.306 e. The normalized spacial score (nSPS) is 29.8. The number of nitrogens with two attached hydrogens (primary N) is 1. The van der Waals surface area contributed by atoms with E-state index in [1.54, 1.807) is 0 Å². The summed E-state index contributed by atoms with van der Waals surface area (Å²) in [5, 5.41) is 18.7. The van der Waals surface area contributed by atoms with Crippen LogP contribution in [0.5, 0.6) is 0 Å². The molecule has 98 valence electrons. The molecule has 0 spiro atoms. The molecule has 4 N–H and O–H groups in total. The number of hydrogen-bond acceptors (Lipinski definition) is 4. The molecular weight excluding hydrogens is 224 g/mol. The second-order valence-electron chi connectivity index (χ2n) is 5.24. The molecule has 0 aromatic carbocycles. The van der Waals surface area contributed by atoms with E-state index >= 15 is 0 Å². The largest absolute Gasteiger partial charge is 0.481 e. The van der Waals surface area contributed by atoms with Crippen molar-refractivity contribution in [3.05, 3.63) is 4.91 Å². The minimum atomic E-state index is -1.23. The molecule has 6 nitrogen and oxygen atoms in total. The van der Waals surface area contributed by atoms with Crippen molar-refractivity contribution in [2.24, 2.45) is 17.6 Å². The highest BCUT2D eigenvalue weighted by atomic mass is 16.4. The van der Waals surface area contributed by atoms with Gasteiger partial charge in [-0.25, -0.2) is 0 Å². The van der Waals surface area contributed by atoms with Crippen LogP contribution < -0.4 is 5.73 Å². The summed E-state index contributed by atoms with van der Waals surface area (Å²) >= 11 is 0. The molecular formula is C11H21N2O4+. The number of hydrogen-bond donors (Lipinski definition) is 3. The fourth-order valence-electron chi connectivity index (χ4n) is 2.11. The van der Waals surface area contributed by atoms with Crippen molar-refractivity contribution in [3.8, 4) is 0 Å². The molecule has 17 heavy (non-hydrogen) atoms. The van der Waals surface area contributed by atoms with E-state index in [0.717, 1.165) is 4.76 Å². The van der Waals surface area contributed by atoms with Crippen molar-refractivity contribution in [1.29, 1.82) is 0 Å². The van der Waals surface area contributed by atoms with Gasteiger partial charge in [0.1, 0.15) is 0 Å². The Labute approximate surface area is 100 Å². The van der Waals surface area contributed by atoms with E-state index in [2.05, 4.69) is 0 Å². The second-order valence-corrected chi connectivity index (χ2v) is 5.24. The van der Waals surface area contributed by atoms with E-state index in [1.165, 1.54) is 0 Å². The van der Waals surface area contributed by atoms with Crippen molar-refractivity contribution in [2.45, 2.75) is 44.9 Å². The van der Waals surface area contributed by atoms with Gasteiger partial charge in [0.15, 0.2) is 6.54 Å². The molecule has 3 atom stereocenters. The predicted octanol–water partition coefficient (Wildman–Crippen LogP) is 0.322. The highest BCUT2D eigenvalue weighted by molar-refractivity contribution is 5.68. The monoisotopic (exact) mass is 245 g/mol. The van der Waals surface area contributed by atoms with E-state index in [-0.39, 0.29) is 24.8 Å². The minimum Gasteiger partial charge on any atom is -0.481 e. The molecule has 0 radical (unpaired) electrons. The third-order valence-electron chi connectivity index (χ3n) is 3.56. The molecule has 1 aliphatic rings. The van der Waals surface area contributed by atoms with Crippen LogP contribution in [0.15, 0.2) is 0 Å². The third-order valence-corrected chi connectivity index (χ3v) is 3.56. The molecule has 0 aromatic heterocycles. The summed E-state index contributed by atoms with van der Waals surface area (Å²) in [4.78, 5) is 22.3. The summed E-state index contributed by atoms with van der Waals surface area (Å²) in [5.74, 6) is -1.30. The molecule has 6 heteroatoms. The van der Waals surface area contributed by atoms with Crippen LogP contribution in [0.3, 0.4) is 0 Å². The molecule has 1 aliphatic carbocycles. The van der Waals surface area contributed by atoms with Crippen LogP contribution >= 0.6 is 0 Å². The third kappa shape index (κ3) is 3.23. The van der Waals surface area contributed by atoms with E-state index in [0.29, 0.717) is 12.8 Å². The summed E-state index contributed by atoms with van der Waals surface area (Å²) in [5.41, 5.74) is 4.46. The van der Waals surface area contributed by atoms with E-state index in [4.69, 9.17) is 10.8 Å². The van der Waals surface area contributed by atoms with Gasteiger partial charge in [-0.3, -0.25) is 10.5 Å². The average Bonchev–Trinajstić information content (AvgIpc) is 2.21. The van der Waals surface area contributed by atoms with Crippen LogP contribution in [0.1, 0.15) is 33.1 Å². The van der Waals surface area contributed by atoms with Crippen LogP contribution in [0, 0.1) is 16.7 Å². The SMILES string of the molecule is CC(C)C(N)[N+](=O)CC1CCC1(O)CC(=O)O. The molecule has 1 rings (SSSR count). The fraction of sp³-hybridized carbons (Fsp3) is 0.909. The molecule has 0 aliphatic heterocycles. The van der Waals surface area contributed by atoms with E-state index < -0.39 is 17.7 Å². The van der Waals surface area contributed by atoms with Crippen LogP contribution in [-0.2, 0) is 4.79 Å². The average molecular weight is 245 g/mol. The van der Waals surface area contributed by atoms with Gasteiger partial charge in [0.25, 0.3) is 6.17 Å². The number of aliphatic hydroxyl groups is 1. The Kier molecular flexibility index (Phi) is 4.21. The Morgan fingerprint density at radius 2 is 2.18 bits per heavy atom. The van der Waals surface area contributed by atoms with Gasteiger partial charge in [-0.1, -0.05) is 13.8 Å². The van der Waals surface area contributed by atoms with Gasteiger partial charge in [-0.05, 0) is 12.8 Å². The quantitative estimate of drug-likeness (QED) is 0.462. The van der Waals surface area contributed by atoms with Gasteiger partial charge in [0.2, 0.25) is 0 Å². The topological polar surface area (TPSA) is 104 Å². The summed E-state index contributed by atoms with van der Waals surface area (Å²) in [6.07, 6.45) is 0.203. The lowest BCUT2D eigenvalue weighted by atomic mass is 9.67. The first kappa shape index (κ1) is 14.1. The first-order valence-electron chi connectivity index (χ1n) is 5.90. The van der Waals surface area contributed by atoms with Crippen LogP contribution in [0.25, 0.3) is 0 Å². The minimum absolute atomic E-state index is 0.0279.